The van der Waals surface area contributed by atoms with Gasteiger partial charge in [0.15, 0.2) is 5.60 Å². The Hall–Kier alpha value is -3.98. The van der Waals surface area contributed by atoms with Gasteiger partial charge in [-0.05, 0) is 74.4 Å². The third-order valence-electron chi connectivity index (χ3n) is 8.29. The van der Waals surface area contributed by atoms with E-state index in [0.717, 1.165) is 48.6 Å². The van der Waals surface area contributed by atoms with Crippen LogP contribution in [0.5, 0.6) is 5.75 Å². The first-order valence-electron chi connectivity index (χ1n) is 14.0. The van der Waals surface area contributed by atoms with Crippen LogP contribution in [0.3, 0.4) is 0 Å². The number of benzene rings is 1. The van der Waals surface area contributed by atoms with Gasteiger partial charge in [0.1, 0.15) is 18.5 Å². The molecule has 0 saturated heterocycles. The monoisotopic (exact) mass is 544 g/mol. The van der Waals surface area contributed by atoms with Crippen molar-refractivity contribution in [2.45, 2.75) is 83.6 Å². The average molecular weight is 545 g/mol. The number of ether oxygens (including phenoxy) is 3. The van der Waals surface area contributed by atoms with Crippen LogP contribution in [0.4, 0.5) is 4.79 Å². The number of fused-ring (bicyclic) bond motifs is 5. The molecule has 1 aromatic carbocycles. The maximum Gasteiger partial charge on any atom is 0.514 e. The van der Waals surface area contributed by atoms with Gasteiger partial charge < -0.3 is 23.9 Å². The molecule has 0 bridgehead atoms. The van der Waals surface area contributed by atoms with E-state index in [2.05, 4.69) is 6.08 Å². The van der Waals surface area contributed by atoms with Gasteiger partial charge in [-0.2, -0.15) is 0 Å². The van der Waals surface area contributed by atoms with Crippen molar-refractivity contribution >= 4 is 23.0 Å². The highest BCUT2D eigenvalue weighted by atomic mass is 16.7. The minimum absolute atomic E-state index is 0.0855. The number of rotatable bonds is 4. The molecule has 2 atom stereocenters. The number of hydrogen-bond donors (Lipinski definition) is 1. The summed E-state index contributed by atoms with van der Waals surface area (Å²) >= 11 is 0. The molecule has 0 radical (unpaired) electrons. The Balaban J connectivity index is 1.36. The molecular formula is C31H32N2O7. The Morgan fingerprint density at radius 3 is 2.83 bits per heavy atom. The molecule has 2 aliphatic heterocycles. The number of pyridine rings is 2. The highest BCUT2D eigenvalue weighted by molar-refractivity contribution is 5.90. The van der Waals surface area contributed by atoms with Crippen molar-refractivity contribution in [3.63, 3.8) is 0 Å². The third-order valence-corrected chi connectivity index (χ3v) is 8.29. The van der Waals surface area contributed by atoms with E-state index < -0.39 is 17.7 Å². The summed E-state index contributed by atoms with van der Waals surface area (Å²) in [5.74, 6) is -0.391. The van der Waals surface area contributed by atoms with Gasteiger partial charge in [-0.3, -0.25) is 4.79 Å². The predicted molar refractivity (Wildman–Crippen MR) is 147 cm³/mol. The smallest absolute Gasteiger partial charge is 0.458 e. The predicted octanol–water partition coefficient (Wildman–Crippen LogP) is 5.05. The van der Waals surface area contributed by atoms with Gasteiger partial charge >= 0.3 is 12.1 Å². The molecule has 1 unspecified atom stereocenters. The Kier molecular flexibility index (Phi) is 6.70. The number of aryl methyl sites for hydroxylation is 1. The van der Waals surface area contributed by atoms with E-state index in [1.807, 2.05) is 13.0 Å². The highest BCUT2D eigenvalue weighted by Crippen LogP contribution is 2.40. The molecule has 40 heavy (non-hydrogen) atoms. The van der Waals surface area contributed by atoms with Crippen molar-refractivity contribution in [2.75, 3.05) is 0 Å². The number of carbonyl (C=O) groups excluding carboxylic acids is 2. The van der Waals surface area contributed by atoms with Crippen molar-refractivity contribution in [2.24, 2.45) is 0 Å². The molecule has 3 aliphatic rings. The number of hydrogen-bond acceptors (Lipinski definition) is 8. The van der Waals surface area contributed by atoms with Crippen LogP contribution in [0.1, 0.15) is 74.6 Å². The molecule has 1 aliphatic carbocycles. The molecule has 0 saturated carbocycles. The van der Waals surface area contributed by atoms with E-state index in [1.54, 1.807) is 35.8 Å². The fraction of sp³-hybridized carbons (Fsp3) is 0.419. The second-order valence-electron chi connectivity index (χ2n) is 10.6. The highest BCUT2D eigenvalue weighted by Gasteiger charge is 2.45. The van der Waals surface area contributed by atoms with E-state index in [0.29, 0.717) is 35.6 Å². The second kappa shape index (κ2) is 10.2. The third kappa shape index (κ3) is 4.29. The van der Waals surface area contributed by atoms with Crippen LogP contribution in [0.15, 0.2) is 41.2 Å². The largest absolute Gasteiger partial charge is 0.514 e. The lowest BCUT2D eigenvalue weighted by Gasteiger charge is -2.31. The van der Waals surface area contributed by atoms with Gasteiger partial charge in [0, 0.05) is 16.5 Å². The molecule has 6 rings (SSSR count). The maximum absolute atomic E-state index is 13.5. The van der Waals surface area contributed by atoms with Crippen LogP contribution in [0.2, 0.25) is 0 Å². The lowest BCUT2D eigenvalue weighted by Crippen LogP contribution is -2.44. The summed E-state index contributed by atoms with van der Waals surface area (Å²) in [6, 6.07) is 6.96. The fourth-order valence-electron chi connectivity index (χ4n) is 6.08. The van der Waals surface area contributed by atoms with E-state index in [1.165, 1.54) is 0 Å². The molecule has 4 heterocycles. The molecule has 0 amide bonds. The standard InChI is InChI=1S/C31H32N2O7/c1-3-20-21-14-19(40-30(36)39-18-10-8-6-5-7-9-11-18)12-13-25(21)32-27-22(20)16-33-26(27)15-24-23(28(33)34)17-38-29(35)31(24,37)4-2/h8,10,12-15,18,37H,3-7,9,11,16-17H2,1-2H3/b10-8+/t18?,31-/m0/s1. The Morgan fingerprint density at radius 1 is 1.18 bits per heavy atom. The molecule has 1 N–H and O–H groups in total. The van der Waals surface area contributed by atoms with Crippen LogP contribution in [-0.2, 0) is 39.4 Å². The SMILES string of the molecule is CCc1c2c(nc3ccc(OC(=O)OC4/C=C/CCCCC4)cc13)-c1cc3c(c(=O)n1C2)COC(=O)[C@]3(O)CC. The van der Waals surface area contributed by atoms with Crippen molar-refractivity contribution in [3.05, 3.63) is 69.0 Å². The van der Waals surface area contributed by atoms with Gasteiger partial charge in [0.25, 0.3) is 5.56 Å². The first-order valence-corrected chi connectivity index (χ1v) is 14.0. The van der Waals surface area contributed by atoms with E-state index in [4.69, 9.17) is 19.2 Å². The summed E-state index contributed by atoms with van der Waals surface area (Å²) in [5, 5.41) is 11.9. The second-order valence-corrected chi connectivity index (χ2v) is 10.6. The van der Waals surface area contributed by atoms with Gasteiger partial charge in [-0.15, -0.1) is 0 Å². The summed E-state index contributed by atoms with van der Waals surface area (Å²) in [5.41, 5.74) is 2.17. The number of aliphatic hydroxyl groups is 1. The first kappa shape index (κ1) is 26.3. The minimum Gasteiger partial charge on any atom is -0.458 e. The van der Waals surface area contributed by atoms with E-state index >= 15 is 0 Å². The molecular weight excluding hydrogens is 512 g/mol. The zero-order chi connectivity index (χ0) is 28.0. The molecule has 9 heteroatoms. The van der Waals surface area contributed by atoms with Crippen LogP contribution in [0, 0.1) is 0 Å². The number of aromatic nitrogens is 2. The summed E-state index contributed by atoms with van der Waals surface area (Å²) in [6.07, 6.45) is 8.73. The first-order chi connectivity index (χ1) is 19.3. The maximum atomic E-state index is 13.5. The number of carbonyl (C=O) groups is 2. The molecule has 0 spiro atoms. The normalized spacial score (nSPS) is 22.4. The van der Waals surface area contributed by atoms with Gasteiger partial charge in [0.05, 0.1) is 29.0 Å². The molecule has 0 fully saturated rings. The zero-order valence-corrected chi connectivity index (χ0v) is 22.7. The van der Waals surface area contributed by atoms with Crippen LogP contribution < -0.4 is 10.3 Å². The topological polar surface area (TPSA) is 117 Å². The van der Waals surface area contributed by atoms with Gasteiger partial charge in [-0.1, -0.05) is 26.3 Å². The number of esters is 1. The lowest BCUT2D eigenvalue weighted by molar-refractivity contribution is -0.172. The fourth-order valence-corrected chi connectivity index (χ4v) is 6.08. The lowest BCUT2D eigenvalue weighted by atomic mass is 9.86. The van der Waals surface area contributed by atoms with Crippen LogP contribution in [0.25, 0.3) is 22.3 Å². The summed E-state index contributed by atoms with van der Waals surface area (Å²) in [7, 11) is 0. The van der Waals surface area contributed by atoms with E-state index in [-0.39, 0.29) is 35.8 Å². The molecule has 3 aromatic rings. The minimum atomic E-state index is -1.87. The van der Waals surface area contributed by atoms with E-state index in [9.17, 15) is 19.5 Å². The van der Waals surface area contributed by atoms with Crippen LogP contribution in [-0.4, -0.2) is 32.9 Å². The van der Waals surface area contributed by atoms with Crippen molar-refractivity contribution < 1.29 is 28.9 Å². The molecule has 208 valence electrons. The Morgan fingerprint density at radius 2 is 2.02 bits per heavy atom. The number of cyclic esters (lactones) is 1. The van der Waals surface area contributed by atoms with Gasteiger partial charge in [0.2, 0.25) is 0 Å². The molecule has 2 aromatic heterocycles. The number of allylic oxidation sites excluding steroid dienone is 1. The summed E-state index contributed by atoms with van der Waals surface area (Å²) in [6.45, 7) is 3.84. The van der Waals surface area contributed by atoms with Gasteiger partial charge in [-0.25, -0.2) is 14.6 Å². The van der Waals surface area contributed by atoms with Crippen molar-refractivity contribution in [3.8, 4) is 17.1 Å². The summed E-state index contributed by atoms with van der Waals surface area (Å²) in [4.78, 5) is 43.4. The van der Waals surface area contributed by atoms with Crippen molar-refractivity contribution in [1.82, 2.24) is 9.55 Å². The number of nitrogens with zero attached hydrogens (tertiary/aromatic N) is 2. The van der Waals surface area contributed by atoms with Crippen molar-refractivity contribution in [1.29, 1.82) is 0 Å². The Bertz CT molecular complexity index is 1620. The Labute approximate surface area is 231 Å². The quantitative estimate of drug-likeness (QED) is 0.216. The summed E-state index contributed by atoms with van der Waals surface area (Å²) < 4.78 is 17.9. The van der Waals surface area contributed by atoms with Crippen LogP contribution >= 0.6 is 0 Å². The zero-order valence-electron chi connectivity index (χ0n) is 22.7. The average Bonchev–Trinajstić information content (AvgIpc) is 3.29. The molecule has 9 nitrogen and oxygen atoms in total.